The molecule has 1 aromatic heterocycles. The standard InChI is InChI=1S/C17H21FN2S/c1-12-8-13(11-20-17(2,3)4)10-19-16(12)21-15-7-5-6-14(18)9-15/h5-10,20H,11H2,1-4H3. The molecule has 0 radical (unpaired) electrons. The molecule has 1 aromatic carbocycles. The fourth-order valence-corrected chi connectivity index (χ4v) is 2.70. The molecule has 0 atom stereocenters. The first kappa shape index (κ1) is 16.0. The normalized spacial score (nSPS) is 11.7. The summed E-state index contributed by atoms with van der Waals surface area (Å²) in [6, 6.07) is 8.72. The van der Waals surface area contributed by atoms with Gasteiger partial charge in [-0.25, -0.2) is 9.37 Å². The van der Waals surface area contributed by atoms with Crippen LogP contribution in [0.1, 0.15) is 31.9 Å². The van der Waals surface area contributed by atoms with E-state index in [-0.39, 0.29) is 11.4 Å². The number of aryl methyl sites for hydroxylation is 1. The number of pyridine rings is 1. The zero-order valence-corrected chi connectivity index (χ0v) is 13.7. The lowest BCUT2D eigenvalue weighted by molar-refractivity contribution is 0.424. The van der Waals surface area contributed by atoms with Crippen molar-refractivity contribution in [2.45, 2.75) is 49.7 Å². The van der Waals surface area contributed by atoms with Crippen LogP contribution in [-0.2, 0) is 6.54 Å². The molecule has 2 nitrogen and oxygen atoms in total. The number of nitrogens with zero attached hydrogens (tertiary/aromatic N) is 1. The maximum absolute atomic E-state index is 13.2. The molecule has 0 fully saturated rings. The molecular formula is C17H21FN2S. The predicted molar refractivity (Wildman–Crippen MR) is 86.1 cm³/mol. The minimum absolute atomic E-state index is 0.0862. The van der Waals surface area contributed by atoms with E-state index in [9.17, 15) is 4.39 Å². The van der Waals surface area contributed by atoms with Gasteiger partial charge in [-0.2, -0.15) is 0 Å². The van der Waals surface area contributed by atoms with Gasteiger partial charge in [-0.15, -0.1) is 0 Å². The molecule has 0 saturated carbocycles. The summed E-state index contributed by atoms with van der Waals surface area (Å²) < 4.78 is 13.2. The van der Waals surface area contributed by atoms with Crippen molar-refractivity contribution in [3.05, 3.63) is 53.5 Å². The molecule has 21 heavy (non-hydrogen) atoms. The van der Waals surface area contributed by atoms with E-state index in [0.717, 1.165) is 27.6 Å². The monoisotopic (exact) mass is 304 g/mol. The van der Waals surface area contributed by atoms with Gasteiger partial charge >= 0.3 is 0 Å². The van der Waals surface area contributed by atoms with Gasteiger partial charge in [-0.05, 0) is 57.0 Å². The quantitative estimate of drug-likeness (QED) is 0.895. The fraction of sp³-hybridized carbons (Fsp3) is 0.353. The van der Waals surface area contributed by atoms with Crippen LogP contribution in [0.4, 0.5) is 4.39 Å². The molecule has 1 heterocycles. The smallest absolute Gasteiger partial charge is 0.124 e. The van der Waals surface area contributed by atoms with E-state index in [4.69, 9.17) is 0 Å². The van der Waals surface area contributed by atoms with Crippen molar-refractivity contribution in [2.24, 2.45) is 0 Å². The van der Waals surface area contributed by atoms with E-state index in [1.807, 2.05) is 19.2 Å². The Bertz CT molecular complexity index is 620. The van der Waals surface area contributed by atoms with Crippen LogP contribution in [0.5, 0.6) is 0 Å². The maximum Gasteiger partial charge on any atom is 0.124 e. The van der Waals surface area contributed by atoms with Crippen molar-refractivity contribution < 1.29 is 4.39 Å². The second-order valence-electron chi connectivity index (χ2n) is 6.13. The van der Waals surface area contributed by atoms with Gasteiger partial charge in [0.2, 0.25) is 0 Å². The molecule has 112 valence electrons. The van der Waals surface area contributed by atoms with Crippen molar-refractivity contribution in [1.82, 2.24) is 10.3 Å². The van der Waals surface area contributed by atoms with Gasteiger partial charge in [0.15, 0.2) is 0 Å². The Morgan fingerprint density at radius 2 is 2.00 bits per heavy atom. The molecule has 0 aliphatic carbocycles. The molecule has 0 amide bonds. The predicted octanol–water partition coefficient (Wildman–Crippen LogP) is 4.57. The minimum atomic E-state index is -0.219. The van der Waals surface area contributed by atoms with Gasteiger partial charge < -0.3 is 5.32 Å². The highest BCUT2D eigenvalue weighted by molar-refractivity contribution is 7.99. The summed E-state index contributed by atoms with van der Waals surface area (Å²) in [5, 5.41) is 4.36. The third-order valence-corrected chi connectivity index (χ3v) is 4.03. The summed E-state index contributed by atoms with van der Waals surface area (Å²) in [7, 11) is 0. The SMILES string of the molecule is Cc1cc(CNC(C)(C)C)cnc1Sc1cccc(F)c1. The summed E-state index contributed by atoms with van der Waals surface area (Å²) in [5.74, 6) is -0.219. The first-order chi connectivity index (χ1) is 9.83. The maximum atomic E-state index is 13.2. The van der Waals surface area contributed by atoms with Crippen molar-refractivity contribution in [1.29, 1.82) is 0 Å². The summed E-state index contributed by atoms with van der Waals surface area (Å²) >= 11 is 1.49. The largest absolute Gasteiger partial charge is 0.308 e. The van der Waals surface area contributed by atoms with Gasteiger partial charge in [0.05, 0.1) is 0 Å². The van der Waals surface area contributed by atoms with Gasteiger partial charge in [-0.1, -0.05) is 23.9 Å². The van der Waals surface area contributed by atoms with Gasteiger partial charge in [0, 0.05) is 23.2 Å². The number of rotatable bonds is 4. The molecule has 0 saturated heterocycles. The number of hydrogen-bond acceptors (Lipinski definition) is 3. The fourth-order valence-electron chi connectivity index (χ4n) is 1.83. The Labute approximate surface area is 130 Å². The summed E-state index contributed by atoms with van der Waals surface area (Å²) in [6.07, 6.45) is 1.88. The van der Waals surface area contributed by atoms with E-state index < -0.39 is 0 Å². The third kappa shape index (κ3) is 5.14. The Balaban J connectivity index is 2.09. The number of aromatic nitrogens is 1. The van der Waals surface area contributed by atoms with Crippen molar-refractivity contribution in [3.8, 4) is 0 Å². The highest BCUT2D eigenvalue weighted by Crippen LogP contribution is 2.29. The van der Waals surface area contributed by atoms with Crippen LogP contribution in [0.2, 0.25) is 0 Å². The number of nitrogens with one attached hydrogen (secondary N) is 1. The minimum Gasteiger partial charge on any atom is -0.308 e. The van der Waals surface area contributed by atoms with E-state index in [2.05, 4.69) is 37.1 Å². The van der Waals surface area contributed by atoms with E-state index in [1.54, 1.807) is 6.07 Å². The zero-order chi connectivity index (χ0) is 15.5. The second-order valence-corrected chi connectivity index (χ2v) is 7.19. The van der Waals surface area contributed by atoms with E-state index in [1.165, 1.54) is 23.9 Å². The molecular weight excluding hydrogens is 283 g/mol. The number of halogens is 1. The molecule has 2 rings (SSSR count). The van der Waals surface area contributed by atoms with E-state index in [0.29, 0.717) is 0 Å². The topological polar surface area (TPSA) is 24.9 Å². The van der Waals surface area contributed by atoms with Crippen LogP contribution in [0, 0.1) is 12.7 Å². The zero-order valence-electron chi connectivity index (χ0n) is 12.9. The highest BCUT2D eigenvalue weighted by Gasteiger charge is 2.10. The van der Waals surface area contributed by atoms with E-state index >= 15 is 0 Å². The lowest BCUT2D eigenvalue weighted by atomic mass is 10.1. The molecule has 0 bridgehead atoms. The second kappa shape index (κ2) is 6.58. The Hall–Kier alpha value is -1.39. The average molecular weight is 304 g/mol. The average Bonchev–Trinajstić information content (AvgIpc) is 2.38. The number of benzene rings is 1. The van der Waals surface area contributed by atoms with Crippen LogP contribution in [0.15, 0.2) is 46.5 Å². The van der Waals surface area contributed by atoms with Crippen molar-refractivity contribution in [3.63, 3.8) is 0 Å². The molecule has 1 N–H and O–H groups in total. The molecule has 2 aromatic rings. The Morgan fingerprint density at radius 1 is 1.24 bits per heavy atom. The molecule has 0 aliphatic rings. The lowest BCUT2D eigenvalue weighted by Gasteiger charge is -2.20. The molecule has 0 aliphatic heterocycles. The first-order valence-electron chi connectivity index (χ1n) is 6.97. The molecule has 0 spiro atoms. The van der Waals surface area contributed by atoms with Gasteiger partial charge in [0.1, 0.15) is 10.8 Å². The van der Waals surface area contributed by atoms with Crippen LogP contribution in [0.3, 0.4) is 0 Å². The van der Waals surface area contributed by atoms with Crippen molar-refractivity contribution >= 4 is 11.8 Å². The summed E-state index contributed by atoms with van der Waals surface area (Å²) in [5.41, 5.74) is 2.35. The van der Waals surface area contributed by atoms with Crippen molar-refractivity contribution in [2.75, 3.05) is 0 Å². The summed E-state index contributed by atoms with van der Waals surface area (Å²) in [4.78, 5) is 5.37. The van der Waals surface area contributed by atoms with Crippen LogP contribution >= 0.6 is 11.8 Å². The molecule has 0 unspecified atom stereocenters. The van der Waals surface area contributed by atoms with Crippen LogP contribution in [-0.4, -0.2) is 10.5 Å². The van der Waals surface area contributed by atoms with Gasteiger partial charge in [0.25, 0.3) is 0 Å². The first-order valence-corrected chi connectivity index (χ1v) is 7.79. The Morgan fingerprint density at radius 3 is 2.62 bits per heavy atom. The number of hydrogen-bond donors (Lipinski definition) is 1. The third-order valence-electron chi connectivity index (χ3n) is 2.92. The highest BCUT2D eigenvalue weighted by atomic mass is 32.2. The summed E-state index contributed by atoms with van der Waals surface area (Å²) in [6.45, 7) is 9.25. The van der Waals surface area contributed by atoms with Crippen LogP contribution in [0.25, 0.3) is 0 Å². The molecule has 4 heteroatoms. The Kier molecular flexibility index (Phi) is 5.01. The van der Waals surface area contributed by atoms with Gasteiger partial charge in [-0.3, -0.25) is 0 Å². The van der Waals surface area contributed by atoms with Crippen LogP contribution < -0.4 is 5.32 Å². The lowest BCUT2D eigenvalue weighted by Crippen LogP contribution is -2.35.